The number of hydrogen-bond donors (Lipinski definition) is 0. The van der Waals surface area contributed by atoms with Gasteiger partial charge in [-0.3, -0.25) is 0 Å². The van der Waals surface area contributed by atoms with Crippen molar-refractivity contribution >= 4 is 22.6 Å². The van der Waals surface area contributed by atoms with Crippen molar-refractivity contribution < 1.29 is 9.47 Å². The van der Waals surface area contributed by atoms with Crippen molar-refractivity contribution in [1.82, 2.24) is 0 Å². The molecule has 0 radical (unpaired) electrons. The normalized spacial score (nSPS) is 18.0. The first-order valence-corrected chi connectivity index (χ1v) is 14.3. The third-order valence-corrected chi connectivity index (χ3v) is 6.75. The van der Waals surface area contributed by atoms with E-state index in [-0.39, 0.29) is 0 Å². The monoisotopic (exact) mass is 538 g/mol. The van der Waals surface area contributed by atoms with E-state index in [1.54, 1.807) is 0 Å². The van der Waals surface area contributed by atoms with E-state index < -0.39 is 0 Å². The SMILES string of the molecule is CCCCCCOCOCCCC(C)CC(C)CC(C)CC(C)CC(C)CC(C)I. The summed E-state index contributed by atoms with van der Waals surface area (Å²) in [7, 11) is 0. The van der Waals surface area contributed by atoms with E-state index in [0.29, 0.717) is 6.79 Å². The lowest BCUT2D eigenvalue weighted by molar-refractivity contribution is -0.0561. The van der Waals surface area contributed by atoms with E-state index in [1.165, 1.54) is 64.2 Å². The summed E-state index contributed by atoms with van der Waals surface area (Å²) < 4.78 is 12.0. The van der Waals surface area contributed by atoms with Crippen molar-refractivity contribution in [2.45, 2.75) is 123 Å². The first-order valence-electron chi connectivity index (χ1n) is 13.0. The molecule has 0 saturated carbocycles. The molecule has 0 saturated heterocycles. The maximum absolute atomic E-state index is 5.64. The maximum Gasteiger partial charge on any atom is 0.146 e. The highest BCUT2D eigenvalue weighted by atomic mass is 127. The van der Waals surface area contributed by atoms with Crippen LogP contribution in [0.3, 0.4) is 0 Å². The van der Waals surface area contributed by atoms with Crippen LogP contribution in [0.15, 0.2) is 0 Å². The summed E-state index contributed by atoms with van der Waals surface area (Å²) in [4.78, 5) is 0. The van der Waals surface area contributed by atoms with Gasteiger partial charge in [0.2, 0.25) is 0 Å². The molecule has 0 N–H and O–H groups in total. The smallest absolute Gasteiger partial charge is 0.146 e. The highest BCUT2D eigenvalue weighted by Gasteiger charge is 2.17. The van der Waals surface area contributed by atoms with Crippen molar-refractivity contribution in [1.29, 1.82) is 0 Å². The van der Waals surface area contributed by atoms with Gasteiger partial charge in [0.05, 0.1) is 0 Å². The molecule has 2 nitrogen and oxygen atoms in total. The first-order chi connectivity index (χ1) is 14.2. The molecule has 0 amide bonds. The van der Waals surface area contributed by atoms with E-state index in [0.717, 1.165) is 53.1 Å². The van der Waals surface area contributed by atoms with Crippen LogP contribution in [-0.2, 0) is 9.47 Å². The molecule has 0 aromatic rings. The third kappa shape index (κ3) is 20.5. The predicted molar refractivity (Wildman–Crippen MR) is 143 cm³/mol. The van der Waals surface area contributed by atoms with Crippen LogP contribution in [0, 0.1) is 29.6 Å². The van der Waals surface area contributed by atoms with Crippen molar-refractivity contribution in [3.8, 4) is 0 Å². The van der Waals surface area contributed by atoms with E-state index in [9.17, 15) is 0 Å². The molecule has 0 spiro atoms. The van der Waals surface area contributed by atoms with Crippen LogP contribution >= 0.6 is 22.6 Å². The van der Waals surface area contributed by atoms with Crippen LogP contribution in [0.5, 0.6) is 0 Å². The zero-order valence-electron chi connectivity index (χ0n) is 21.6. The van der Waals surface area contributed by atoms with Gasteiger partial charge in [-0.25, -0.2) is 0 Å². The Kier molecular flexibility index (Phi) is 20.7. The molecule has 6 unspecified atom stereocenters. The summed E-state index contributed by atoms with van der Waals surface area (Å²) in [6, 6.07) is 0. The molecule has 0 aliphatic carbocycles. The topological polar surface area (TPSA) is 18.5 Å². The number of hydrogen-bond acceptors (Lipinski definition) is 2. The summed E-state index contributed by atoms with van der Waals surface area (Å²) in [5.41, 5.74) is 0. The Hall–Kier alpha value is 0.650. The molecule has 0 aromatic carbocycles. The van der Waals surface area contributed by atoms with E-state index >= 15 is 0 Å². The van der Waals surface area contributed by atoms with E-state index in [1.807, 2.05) is 0 Å². The fourth-order valence-electron chi connectivity index (χ4n) is 5.15. The maximum atomic E-state index is 5.64. The lowest BCUT2D eigenvalue weighted by Gasteiger charge is -2.24. The Balaban J connectivity index is 3.71. The number of ether oxygens (including phenoxy) is 2. The zero-order chi connectivity index (χ0) is 22.8. The fraction of sp³-hybridized carbons (Fsp3) is 1.00. The van der Waals surface area contributed by atoms with Gasteiger partial charge in [0.1, 0.15) is 6.79 Å². The van der Waals surface area contributed by atoms with Gasteiger partial charge in [-0.15, -0.1) is 0 Å². The molecule has 0 bridgehead atoms. The Bertz CT molecular complexity index is 361. The molecule has 30 heavy (non-hydrogen) atoms. The van der Waals surface area contributed by atoms with Gasteiger partial charge in [0.15, 0.2) is 0 Å². The van der Waals surface area contributed by atoms with Crippen LogP contribution in [0.4, 0.5) is 0 Å². The number of unbranched alkanes of at least 4 members (excludes halogenated alkanes) is 3. The highest BCUT2D eigenvalue weighted by molar-refractivity contribution is 14.1. The molecule has 3 heteroatoms. The molecule has 0 fully saturated rings. The van der Waals surface area contributed by atoms with Gasteiger partial charge in [-0.2, -0.15) is 0 Å². The van der Waals surface area contributed by atoms with Crippen LogP contribution in [0.25, 0.3) is 0 Å². The molecule has 182 valence electrons. The second kappa shape index (κ2) is 20.3. The summed E-state index contributed by atoms with van der Waals surface area (Å²) in [6.07, 6.45) is 14.4. The number of halogens is 1. The molecule has 0 aromatic heterocycles. The van der Waals surface area contributed by atoms with Gasteiger partial charge < -0.3 is 9.47 Å². The summed E-state index contributed by atoms with van der Waals surface area (Å²) in [5.74, 6) is 4.21. The fourth-order valence-corrected chi connectivity index (χ4v) is 6.01. The van der Waals surface area contributed by atoms with Crippen molar-refractivity contribution in [2.75, 3.05) is 20.0 Å². The minimum atomic E-state index is 0.474. The average molecular weight is 539 g/mol. The van der Waals surface area contributed by atoms with Crippen molar-refractivity contribution in [3.05, 3.63) is 0 Å². The molecule has 0 aliphatic heterocycles. The van der Waals surface area contributed by atoms with Gasteiger partial charge in [0.25, 0.3) is 0 Å². The molecule has 0 rings (SSSR count). The average Bonchev–Trinajstić information content (AvgIpc) is 2.61. The Morgan fingerprint density at radius 2 is 1.03 bits per heavy atom. The molecular formula is C27H55IO2. The molecule has 0 heterocycles. The molecular weight excluding hydrogens is 483 g/mol. The third-order valence-electron chi connectivity index (χ3n) is 6.24. The summed E-state index contributed by atoms with van der Waals surface area (Å²) >= 11 is 2.57. The number of alkyl halides is 1. The largest absolute Gasteiger partial charge is 0.355 e. The summed E-state index contributed by atoms with van der Waals surface area (Å²) in [6.45, 7) is 19.0. The van der Waals surface area contributed by atoms with Crippen molar-refractivity contribution in [2.24, 2.45) is 29.6 Å². The van der Waals surface area contributed by atoms with Crippen LogP contribution in [0.2, 0.25) is 0 Å². The Labute approximate surface area is 204 Å². The van der Waals surface area contributed by atoms with Gasteiger partial charge in [-0.1, -0.05) is 90.3 Å². The minimum Gasteiger partial charge on any atom is -0.355 e. The van der Waals surface area contributed by atoms with Gasteiger partial charge in [-0.05, 0) is 81.0 Å². The lowest BCUT2D eigenvalue weighted by Crippen LogP contribution is -2.13. The van der Waals surface area contributed by atoms with E-state index in [2.05, 4.69) is 71.1 Å². The van der Waals surface area contributed by atoms with Gasteiger partial charge >= 0.3 is 0 Å². The van der Waals surface area contributed by atoms with Gasteiger partial charge in [0, 0.05) is 17.1 Å². The first kappa shape index (κ1) is 30.6. The molecule has 6 atom stereocenters. The number of rotatable bonds is 21. The summed E-state index contributed by atoms with van der Waals surface area (Å²) in [5, 5.41) is 0. The Morgan fingerprint density at radius 1 is 0.567 bits per heavy atom. The quantitative estimate of drug-likeness (QED) is 0.0627. The minimum absolute atomic E-state index is 0.474. The highest BCUT2D eigenvalue weighted by Crippen LogP contribution is 2.29. The van der Waals surface area contributed by atoms with Crippen LogP contribution in [0.1, 0.15) is 119 Å². The van der Waals surface area contributed by atoms with Crippen molar-refractivity contribution in [3.63, 3.8) is 0 Å². The molecule has 0 aliphatic rings. The van der Waals surface area contributed by atoms with Crippen LogP contribution < -0.4 is 0 Å². The van der Waals surface area contributed by atoms with Crippen LogP contribution in [-0.4, -0.2) is 23.9 Å². The standard InChI is InChI=1S/C27H55IO2/c1-8-9-10-11-14-29-21-30-15-12-13-22(2)16-23(3)17-24(4)18-25(5)19-26(6)20-27(7)28/h22-27H,8-21H2,1-7H3. The lowest BCUT2D eigenvalue weighted by atomic mass is 9.82. The predicted octanol–water partition coefficient (Wildman–Crippen LogP) is 9.29. The van der Waals surface area contributed by atoms with E-state index in [4.69, 9.17) is 9.47 Å². The zero-order valence-corrected chi connectivity index (χ0v) is 23.7. The Morgan fingerprint density at radius 3 is 1.53 bits per heavy atom. The second-order valence-corrected chi connectivity index (χ2v) is 12.7. The second-order valence-electron chi connectivity index (χ2n) is 10.6.